The topological polar surface area (TPSA) is 105 Å². The number of likely N-dealkylation sites (tertiary alicyclic amines) is 1. The number of carbonyl (C=O) groups excluding carboxylic acids is 3. The molecule has 3 aliphatic rings. The highest BCUT2D eigenvalue weighted by atomic mass is 16.5. The fourth-order valence-electron chi connectivity index (χ4n) is 4.56. The molecule has 3 aliphatic heterocycles. The van der Waals surface area contributed by atoms with Crippen LogP contribution in [0.25, 0.3) is 0 Å². The number of nitrogens with one attached hydrogen (secondary N) is 1. The maximum atomic E-state index is 12.9. The summed E-state index contributed by atoms with van der Waals surface area (Å²) in [5.41, 5.74) is 8.64. The molecule has 0 aromatic heterocycles. The monoisotopic (exact) mass is 386 g/mol. The predicted octanol–water partition coefficient (Wildman–Crippen LogP) is -0.00440. The number of amides is 3. The third-order valence-electron chi connectivity index (χ3n) is 6.15. The first-order chi connectivity index (χ1) is 13.5. The highest BCUT2D eigenvalue weighted by Gasteiger charge is 2.40. The van der Waals surface area contributed by atoms with Crippen molar-refractivity contribution in [3.63, 3.8) is 0 Å². The van der Waals surface area contributed by atoms with Crippen molar-refractivity contribution in [3.05, 3.63) is 34.9 Å². The van der Waals surface area contributed by atoms with Crippen molar-refractivity contribution in [2.24, 2.45) is 5.73 Å². The average molecular weight is 386 g/mol. The zero-order chi connectivity index (χ0) is 19.8. The van der Waals surface area contributed by atoms with Gasteiger partial charge in [-0.25, -0.2) is 0 Å². The second-order valence-electron chi connectivity index (χ2n) is 7.76. The van der Waals surface area contributed by atoms with E-state index in [1.807, 2.05) is 18.2 Å². The molecule has 8 heteroatoms. The fraction of sp³-hybridized carbons (Fsp3) is 0.550. The molecule has 2 saturated heterocycles. The Morgan fingerprint density at radius 2 is 2.11 bits per heavy atom. The summed E-state index contributed by atoms with van der Waals surface area (Å²) in [7, 11) is 1.72. The van der Waals surface area contributed by atoms with Gasteiger partial charge in [-0.05, 0) is 30.0 Å². The summed E-state index contributed by atoms with van der Waals surface area (Å²) in [4.78, 5) is 40.5. The van der Waals surface area contributed by atoms with Crippen LogP contribution in [-0.4, -0.2) is 65.9 Å². The van der Waals surface area contributed by atoms with Crippen molar-refractivity contribution in [1.29, 1.82) is 0 Å². The standard InChI is InChI=1S/C20H26N4O4/c1-28-14-7-13(8-21)23(10-14)9-12-3-2-4-15-16(12)11-24(20(15)27)17-5-6-18(25)22-19(17)26/h2-4,13-14,17H,5-11,21H2,1H3,(H,22,25,26)/t13-,14-,17?/m0/s1. The second kappa shape index (κ2) is 7.62. The van der Waals surface area contributed by atoms with Crippen molar-refractivity contribution in [2.75, 3.05) is 20.2 Å². The maximum Gasteiger partial charge on any atom is 0.255 e. The zero-order valence-corrected chi connectivity index (χ0v) is 16.0. The smallest absolute Gasteiger partial charge is 0.255 e. The number of hydrogen-bond donors (Lipinski definition) is 2. The number of nitrogens with zero attached hydrogens (tertiary/aromatic N) is 2. The van der Waals surface area contributed by atoms with E-state index in [0.717, 1.165) is 24.1 Å². The largest absolute Gasteiger partial charge is 0.380 e. The van der Waals surface area contributed by atoms with Crippen LogP contribution in [0.15, 0.2) is 18.2 Å². The molecule has 2 fully saturated rings. The van der Waals surface area contributed by atoms with Crippen LogP contribution in [0, 0.1) is 0 Å². The van der Waals surface area contributed by atoms with E-state index >= 15 is 0 Å². The Hall–Kier alpha value is -2.29. The molecule has 28 heavy (non-hydrogen) atoms. The van der Waals surface area contributed by atoms with E-state index in [9.17, 15) is 14.4 Å². The van der Waals surface area contributed by atoms with Gasteiger partial charge in [-0.3, -0.25) is 24.6 Å². The van der Waals surface area contributed by atoms with Gasteiger partial charge in [0.15, 0.2) is 0 Å². The molecular weight excluding hydrogens is 360 g/mol. The SMILES string of the molecule is CO[C@H]1C[C@@H](CN)N(Cc2cccc3c2CN(C2CCC(=O)NC2=O)C3=O)C1. The van der Waals surface area contributed by atoms with Crippen molar-refractivity contribution >= 4 is 17.7 Å². The highest BCUT2D eigenvalue weighted by molar-refractivity contribution is 6.05. The number of ether oxygens (including phenoxy) is 1. The van der Waals surface area contributed by atoms with Gasteiger partial charge in [-0.15, -0.1) is 0 Å². The molecule has 4 rings (SSSR count). The normalized spacial score (nSPS) is 28.0. The number of benzene rings is 1. The Morgan fingerprint density at radius 1 is 1.29 bits per heavy atom. The molecule has 0 bridgehead atoms. The molecule has 3 atom stereocenters. The summed E-state index contributed by atoms with van der Waals surface area (Å²) in [6, 6.07) is 5.40. The Labute approximate surface area is 164 Å². The van der Waals surface area contributed by atoms with Crippen LogP contribution in [0.2, 0.25) is 0 Å². The Balaban J connectivity index is 1.55. The van der Waals surface area contributed by atoms with Crippen molar-refractivity contribution in [1.82, 2.24) is 15.1 Å². The molecule has 1 aromatic rings. The number of piperidine rings is 1. The first-order valence-corrected chi connectivity index (χ1v) is 9.74. The van der Waals surface area contributed by atoms with Gasteiger partial charge >= 0.3 is 0 Å². The number of methoxy groups -OCH3 is 1. The van der Waals surface area contributed by atoms with E-state index in [4.69, 9.17) is 10.5 Å². The van der Waals surface area contributed by atoms with Gasteiger partial charge in [0.2, 0.25) is 11.8 Å². The molecule has 0 spiro atoms. The summed E-state index contributed by atoms with van der Waals surface area (Å²) in [5, 5.41) is 2.34. The molecule has 0 aliphatic carbocycles. The molecular formula is C20H26N4O4. The maximum absolute atomic E-state index is 12.9. The summed E-state index contributed by atoms with van der Waals surface area (Å²) >= 11 is 0. The molecule has 8 nitrogen and oxygen atoms in total. The number of nitrogens with two attached hydrogens (primary N) is 1. The Kier molecular flexibility index (Phi) is 5.18. The molecule has 0 radical (unpaired) electrons. The van der Waals surface area contributed by atoms with Gasteiger partial charge in [0.05, 0.1) is 6.10 Å². The summed E-state index contributed by atoms with van der Waals surface area (Å²) < 4.78 is 5.51. The van der Waals surface area contributed by atoms with Gasteiger partial charge in [0.25, 0.3) is 5.91 Å². The third-order valence-corrected chi connectivity index (χ3v) is 6.15. The predicted molar refractivity (Wildman–Crippen MR) is 101 cm³/mol. The van der Waals surface area contributed by atoms with Crippen LogP contribution in [0.5, 0.6) is 0 Å². The van der Waals surface area contributed by atoms with Gasteiger partial charge in [-0.1, -0.05) is 12.1 Å². The lowest BCUT2D eigenvalue weighted by Gasteiger charge is -2.29. The quantitative estimate of drug-likeness (QED) is 0.690. The van der Waals surface area contributed by atoms with E-state index in [1.54, 1.807) is 12.0 Å². The number of rotatable bonds is 5. The summed E-state index contributed by atoms with van der Waals surface area (Å²) in [6.07, 6.45) is 1.71. The third kappa shape index (κ3) is 3.32. The van der Waals surface area contributed by atoms with Crippen LogP contribution in [0.3, 0.4) is 0 Å². The van der Waals surface area contributed by atoms with Gasteiger partial charge in [0.1, 0.15) is 6.04 Å². The Morgan fingerprint density at radius 3 is 2.82 bits per heavy atom. The lowest BCUT2D eigenvalue weighted by Crippen LogP contribution is -2.52. The molecule has 3 N–H and O–H groups in total. The van der Waals surface area contributed by atoms with E-state index in [1.165, 1.54) is 0 Å². The minimum absolute atomic E-state index is 0.141. The van der Waals surface area contributed by atoms with E-state index in [2.05, 4.69) is 10.2 Å². The molecule has 1 aromatic carbocycles. The van der Waals surface area contributed by atoms with Crippen LogP contribution in [0.4, 0.5) is 0 Å². The first-order valence-electron chi connectivity index (χ1n) is 9.74. The highest BCUT2D eigenvalue weighted by Crippen LogP contribution is 2.31. The van der Waals surface area contributed by atoms with Gasteiger partial charge < -0.3 is 15.4 Å². The van der Waals surface area contributed by atoms with Crippen molar-refractivity contribution in [2.45, 2.75) is 50.5 Å². The fourth-order valence-corrected chi connectivity index (χ4v) is 4.56. The lowest BCUT2D eigenvalue weighted by molar-refractivity contribution is -0.136. The number of imide groups is 1. The first kappa shape index (κ1) is 19.0. The van der Waals surface area contributed by atoms with Crippen LogP contribution >= 0.6 is 0 Å². The zero-order valence-electron chi connectivity index (χ0n) is 16.0. The molecule has 0 saturated carbocycles. The van der Waals surface area contributed by atoms with E-state index in [0.29, 0.717) is 31.6 Å². The molecule has 3 amide bonds. The van der Waals surface area contributed by atoms with Gasteiger partial charge in [0, 0.05) is 51.3 Å². The Bertz CT molecular complexity index is 811. The minimum Gasteiger partial charge on any atom is -0.380 e. The molecule has 3 heterocycles. The number of carbonyl (C=O) groups is 3. The molecule has 150 valence electrons. The van der Waals surface area contributed by atoms with E-state index in [-0.39, 0.29) is 36.3 Å². The number of fused-ring (bicyclic) bond motifs is 1. The summed E-state index contributed by atoms with van der Waals surface area (Å²) in [6.45, 7) is 2.47. The van der Waals surface area contributed by atoms with Crippen molar-refractivity contribution < 1.29 is 19.1 Å². The number of hydrogen-bond acceptors (Lipinski definition) is 6. The van der Waals surface area contributed by atoms with Crippen molar-refractivity contribution in [3.8, 4) is 0 Å². The van der Waals surface area contributed by atoms with Gasteiger partial charge in [-0.2, -0.15) is 0 Å². The van der Waals surface area contributed by atoms with Crippen LogP contribution < -0.4 is 11.1 Å². The molecule has 1 unspecified atom stereocenters. The average Bonchev–Trinajstić information content (AvgIpc) is 3.23. The minimum atomic E-state index is -0.591. The van der Waals surface area contributed by atoms with Crippen LogP contribution in [0.1, 0.15) is 40.7 Å². The van der Waals surface area contributed by atoms with Crippen LogP contribution in [-0.2, 0) is 27.4 Å². The lowest BCUT2D eigenvalue weighted by atomic mass is 10.0. The second-order valence-corrected chi connectivity index (χ2v) is 7.76. The van der Waals surface area contributed by atoms with E-state index < -0.39 is 6.04 Å². The summed E-state index contributed by atoms with van der Waals surface area (Å²) in [5.74, 6) is -0.803.